The molecule has 2 aromatic rings. The quantitative estimate of drug-likeness (QED) is 0.858. The van der Waals surface area contributed by atoms with Gasteiger partial charge in [0.25, 0.3) is 0 Å². The van der Waals surface area contributed by atoms with E-state index in [1.54, 1.807) is 24.3 Å². The third kappa shape index (κ3) is 2.52. The molecular weight excluding hydrogens is 255 g/mol. The largest absolute Gasteiger partial charge is 0.353 e. The molecule has 0 saturated carbocycles. The zero-order valence-electron chi connectivity index (χ0n) is 8.74. The van der Waals surface area contributed by atoms with Crippen LogP contribution >= 0.6 is 23.2 Å². The molecule has 0 fully saturated rings. The van der Waals surface area contributed by atoms with Crippen LogP contribution in [0.25, 0.3) is 0 Å². The van der Waals surface area contributed by atoms with Crippen molar-refractivity contribution in [2.75, 3.05) is 5.32 Å². The highest BCUT2D eigenvalue weighted by molar-refractivity contribution is 6.33. The number of hydrogen-bond donors (Lipinski definition) is 1. The van der Waals surface area contributed by atoms with Gasteiger partial charge in [-0.15, -0.1) is 0 Å². The van der Waals surface area contributed by atoms with Gasteiger partial charge in [-0.2, -0.15) is 5.26 Å². The average Bonchev–Trinajstić information content (AvgIpc) is 2.32. The zero-order chi connectivity index (χ0) is 12.3. The number of para-hydroxylation sites is 1. The molecule has 0 aliphatic heterocycles. The SMILES string of the molecule is N#Cc1c(Cl)cccc1Nc1ccccc1Cl. The Labute approximate surface area is 109 Å². The van der Waals surface area contributed by atoms with Crippen LogP contribution in [-0.2, 0) is 0 Å². The minimum Gasteiger partial charge on any atom is -0.353 e. The molecule has 0 spiro atoms. The van der Waals surface area contributed by atoms with E-state index in [4.69, 9.17) is 28.5 Å². The maximum Gasteiger partial charge on any atom is 0.103 e. The lowest BCUT2D eigenvalue weighted by atomic mass is 10.2. The van der Waals surface area contributed by atoms with Crippen molar-refractivity contribution in [1.29, 1.82) is 5.26 Å². The van der Waals surface area contributed by atoms with E-state index in [2.05, 4.69) is 11.4 Å². The molecular formula is C13H8Cl2N2. The Morgan fingerprint density at radius 3 is 2.24 bits per heavy atom. The Morgan fingerprint density at radius 1 is 0.882 bits per heavy atom. The summed E-state index contributed by atoms with van der Waals surface area (Å²) in [6.07, 6.45) is 0. The minimum atomic E-state index is 0.411. The fraction of sp³-hybridized carbons (Fsp3) is 0. The number of anilines is 2. The van der Waals surface area contributed by atoms with E-state index >= 15 is 0 Å². The van der Waals surface area contributed by atoms with Crippen molar-refractivity contribution >= 4 is 34.6 Å². The molecule has 1 N–H and O–H groups in total. The van der Waals surface area contributed by atoms with Gasteiger partial charge in [0.2, 0.25) is 0 Å². The summed E-state index contributed by atoms with van der Waals surface area (Å²) < 4.78 is 0. The van der Waals surface area contributed by atoms with Gasteiger partial charge >= 0.3 is 0 Å². The number of benzene rings is 2. The molecule has 0 bridgehead atoms. The molecule has 0 saturated heterocycles. The summed E-state index contributed by atoms with van der Waals surface area (Å²) in [6, 6.07) is 14.6. The van der Waals surface area contributed by atoms with Crippen molar-refractivity contribution in [3.05, 3.63) is 58.1 Å². The molecule has 84 valence electrons. The van der Waals surface area contributed by atoms with Crippen LogP contribution in [0.5, 0.6) is 0 Å². The van der Waals surface area contributed by atoms with E-state index in [1.807, 2.05) is 18.2 Å². The lowest BCUT2D eigenvalue weighted by Crippen LogP contribution is -1.94. The van der Waals surface area contributed by atoms with E-state index in [0.717, 1.165) is 5.69 Å². The molecule has 2 rings (SSSR count). The molecule has 0 amide bonds. The molecule has 0 heterocycles. The van der Waals surface area contributed by atoms with Crippen LogP contribution < -0.4 is 5.32 Å². The maximum absolute atomic E-state index is 9.04. The van der Waals surface area contributed by atoms with Crippen LogP contribution in [0.1, 0.15) is 5.56 Å². The molecule has 4 heteroatoms. The smallest absolute Gasteiger partial charge is 0.103 e. The summed E-state index contributed by atoms with van der Waals surface area (Å²) in [5, 5.41) is 13.1. The third-order valence-electron chi connectivity index (χ3n) is 2.27. The lowest BCUT2D eigenvalue weighted by Gasteiger charge is -2.10. The van der Waals surface area contributed by atoms with E-state index < -0.39 is 0 Å². The first-order valence-corrected chi connectivity index (χ1v) is 5.68. The van der Waals surface area contributed by atoms with Gasteiger partial charge in [-0.3, -0.25) is 0 Å². The number of nitrogens with zero attached hydrogens (tertiary/aromatic N) is 1. The third-order valence-corrected chi connectivity index (χ3v) is 2.91. The molecule has 2 nitrogen and oxygen atoms in total. The Morgan fingerprint density at radius 2 is 1.53 bits per heavy atom. The Hall–Kier alpha value is -1.69. The summed E-state index contributed by atoms with van der Waals surface area (Å²) in [4.78, 5) is 0. The summed E-state index contributed by atoms with van der Waals surface area (Å²) >= 11 is 12.0. The van der Waals surface area contributed by atoms with Crippen LogP contribution in [0.3, 0.4) is 0 Å². The van der Waals surface area contributed by atoms with Gasteiger partial charge in [0.05, 0.1) is 27.0 Å². The van der Waals surface area contributed by atoms with Crippen molar-refractivity contribution in [3.8, 4) is 6.07 Å². The Balaban J connectivity index is 2.41. The fourth-order valence-corrected chi connectivity index (χ4v) is 1.85. The van der Waals surface area contributed by atoms with Crippen molar-refractivity contribution in [3.63, 3.8) is 0 Å². The highest BCUT2D eigenvalue weighted by atomic mass is 35.5. The van der Waals surface area contributed by atoms with Crippen molar-refractivity contribution in [1.82, 2.24) is 0 Å². The van der Waals surface area contributed by atoms with Gasteiger partial charge in [-0.05, 0) is 24.3 Å². The summed E-state index contributed by atoms with van der Waals surface area (Å²) in [5.74, 6) is 0. The predicted molar refractivity (Wildman–Crippen MR) is 70.9 cm³/mol. The average molecular weight is 263 g/mol. The first-order valence-electron chi connectivity index (χ1n) is 4.92. The van der Waals surface area contributed by atoms with E-state index in [9.17, 15) is 0 Å². The molecule has 0 aromatic heterocycles. The van der Waals surface area contributed by atoms with Gasteiger partial charge in [0.15, 0.2) is 0 Å². The molecule has 17 heavy (non-hydrogen) atoms. The fourth-order valence-electron chi connectivity index (χ4n) is 1.45. The van der Waals surface area contributed by atoms with Gasteiger partial charge in [0.1, 0.15) is 6.07 Å². The first-order chi connectivity index (χ1) is 8.22. The normalized spacial score (nSPS) is 9.71. The number of nitriles is 1. The van der Waals surface area contributed by atoms with Crippen LogP contribution in [0.2, 0.25) is 10.0 Å². The predicted octanol–water partition coefficient (Wildman–Crippen LogP) is 4.61. The number of hydrogen-bond acceptors (Lipinski definition) is 2. The van der Waals surface area contributed by atoms with Crippen molar-refractivity contribution in [2.24, 2.45) is 0 Å². The number of rotatable bonds is 2. The van der Waals surface area contributed by atoms with E-state index in [0.29, 0.717) is 21.3 Å². The van der Waals surface area contributed by atoms with E-state index in [-0.39, 0.29) is 0 Å². The number of nitrogens with one attached hydrogen (secondary N) is 1. The first kappa shape index (κ1) is 11.8. The standard InChI is InChI=1S/C13H8Cl2N2/c14-10-5-3-7-12(9(10)8-16)17-13-6-2-1-4-11(13)15/h1-7,17H. The minimum absolute atomic E-state index is 0.411. The van der Waals surface area contributed by atoms with Crippen LogP contribution in [0.15, 0.2) is 42.5 Å². The van der Waals surface area contributed by atoms with Gasteiger partial charge in [-0.25, -0.2) is 0 Å². The molecule has 0 unspecified atom stereocenters. The van der Waals surface area contributed by atoms with Gasteiger partial charge < -0.3 is 5.32 Å². The second kappa shape index (κ2) is 5.09. The Bertz CT molecular complexity index is 588. The summed E-state index contributed by atoms with van der Waals surface area (Å²) in [5.41, 5.74) is 1.80. The van der Waals surface area contributed by atoms with Gasteiger partial charge in [-0.1, -0.05) is 41.4 Å². The van der Waals surface area contributed by atoms with Crippen LogP contribution in [0.4, 0.5) is 11.4 Å². The zero-order valence-corrected chi connectivity index (χ0v) is 10.3. The second-order valence-electron chi connectivity index (χ2n) is 3.38. The molecule has 0 aliphatic rings. The summed E-state index contributed by atoms with van der Waals surface area (Å²) in [6.45, 7) is 0. The molecule has 0 radical (unpaired) electrons. The van der Waals surface area contributed by atoms with Crippen molar-refractivity contribution in [2.45, 2.75) is 0 Å². The number of halogens is 2. The lowest BCUT2D eigenvalue weighted by molar-refractivity contribution is 1.46. The molecule has 0 aliphatic carbocycles. The highest BCUT2D eigenvalue weighted by Gasteiger charge is 2.07. The van der Waals surface area contributed by atoms with Gasteiger partial charge in [0, 0.05) is 0 Å². The van der Waals surface area contributed by atoms with E-state index in [1.165, 1.54) is 0 Å². The summed E-state index contributed by atoms with van der Waals surface area (Å²) in [7, 11) is 0. The monoisotopic (exact) mass is 262 g/mol. The van der Waals surface area contributed by atoms with Crippen LogP contribution in [-0.4, -0.2) is 0 Å². The second-order valence-corrected chi connectivity index (χ2v) is 4.19. The molecule has 0 atom stereocenters. The Kier molecular flexibility index (Phi) is 3.53. The van der Waals surface area contributed by atoms with Crippen molar-refractivity contribution < 1.29 is 0 Å². The molecule has 2 aromatic carbocycles. The maximum atomic E-state index is 9.04. The highest BCUT2D eigenvalue weighted by Crippen LogP contribution is 2.29. The van der Waals surface area contributed by atoms with Crippen LogP contribution in [0, 0.1) is 11.3 Å². The topological polar surface area (TPSA) is 35.8 Å².